The van der Waals surface area contributed by atoms with Crippen LogP contribution in [0.25, 0.3) is 76.6 Å². The molecule has 16 rings (SSSR count). The summed E-state index contributed by atoms with van der Waals surface area (Å²) in [5.74, 6) is 0.640. The average Bonchev–Trinajstić information content (AvgIpc) is 1.62. The van der Waals surface area contributed by atoms with Crippen molar-refractivity contribution >= 4 is 99.8 Å². The van der Waals surface area contributed by atoms with Crippen LogP contribution in [0, 0.1) is 17.5 Å². The van der Waals surface area contributed by atoms with E-state index in [4.69, 9.17) is 32.7 Å². The van der Waals surface area contributed by atoms with E-state index in [1.54, 1.807) is 30.3 Å². The first-order valence-electron chi connectivity index (χ1n) is 38.4. The molecule has 2 aliphatic rings. The van der Waals surface area contributed by atoms with Gasteiger partial charge in [0.2, 0.25) is 11.8 Å². The second-order valence-corrected chi connectivity index (χ2v) is 28.2. The Morgan fingerprint density at radius 1 is 0.426 bits per heavy atom. The monoisotopic (exact) mass is 1500 g/mol. The summed E-state index contributed by atoms with van der Waals surface area (Å²) in [7, 11) is 0. The fourth-order valence-electron chi connectivity index (χ4n) is 12.8. The molecular weight excluding hydrogens is 1400 g/mol. The number of aromatic nitrogens is 12. The standard InChI is InChI=1S/C15H19F.C13H15F.C11H13ClN2.C11H14N2.C10H11ClN2.C10H11FN2O.C10H12N2.C9H10N2O/c1-4-5-6-11-10-15(2,3)14-8-7-12(16)9-13(11)14;1-2-3-4-10-5-6-11-7-8-12(14)9-13(10)11;1-2-3-6-14-11-7-10(12)5-4-9(11)8-13-14;1-2-3-8-13-11-7-5-4-6-10(11)9-12-13;1-2-5-13-10-6-9(11)4-3-8(10)7-12-13;1-2-5-14-10-8-6-7(11)3-4-9(8)12-13-10;1-2-7-12-10-6-4-3-5-9(10)8-11-12;1-2-12-9-7-5-3-4-6-8(7)10-11-9/h7-10H,4-6H2,1-3H3;5,7-9H,2-4,6H2,1H3;4-5,7-8H,2-3,6H2,1H3;4-7,9H,2-3,8H2,1H3;3-4,6-7H,2,5H2,1H3;3-4,6H,2,5H2,1H3,(H,12,13);3-6,8H,2,7H2,1H3;3-6H,2H2,1H3,(H,10,11). The third-order valence-electron chi connectivity index (χ3n) is 18.4. The molecule has 0 amide bonds. The molecule has 0 saturated carbocycles. The SMILES string of the molecule is CCCCC1=CC(C)(C)c2ccc(F)cc21.CCCCC1=CCc2ccc(F)cc21.CCCCn1ncc2ccc(Cl)cc21.CCCCn1ncc2ccccc21.CCCOc1n[nH]c2ccc(F)cc12.CCCn1ncc2ccc(Cl)cc21.CCCn1ncc2ccccc21.CCOc1n[nH]c2ccccc12. The Balaban J connectivity index is 0.000000143. The van der Waals surface area contributed by atoms with Crippen molar-refractivity contribution < 1.29 is 22.6 Å². The molecule has 6 heterocycles. The topological polar surface area (TPSA) is 147 Å². The van der Waals surface area contributed by atoms with Gasteiger partial charge in [0.15, 0.2) is 0 Å². The second kappa shape index (κ2) is 42.0. The number of aromatic amines is 2. The van der Waals surface area contributed by atoms with Crippen LogP contribution >= 0.6 is 23.2 Å². The maximum Gasteiger partial charge on any atom is 0.240 e. The molecule has 108 heavy (non-hydrogen) atoms. The second-order valence-electron chi connectivity index (χ2n) is 27.3. The van der Waals surface area contributed by atoms with Crippen LogP contribution in [0.15, 0.2) is 201 Å². The molecule has 0 spiro atoms. The number of para-hydroxylation sites is 3. The lowest BCUT2D eigenvalue weighted by molar-refractivity contribution is 0.308. The van der Waals surface area contributed by atoms with Gasteiger partial charge in [-0.15, -0.1) is 10.2 Å². The molecule has 2 aliphatic carbocycles. The Morgan fingerprint density at radius 2 is 0.889 bits per heavy atom. The van der Waals surface area contributed by atoms with Gasteiger partial charge in [-0.05, 0) is 208 Å². The molecule has 0 saturated heterocycles. The number of halogens is 5. The number of nitrogens with one attached hydrogen (secondary N) is 2. The van der Waals surface area contributed by atoms with Crippen molar-refractivity contribution in [3.05, 3.63) is 250 Å². The molecule has 0 atom stereocenters. The van der Waals surface area contributed by atoms with Gasteiger partial charge in [0.25, 0.3) is 0 Å². The number of allylic oxidation sites excluding steroid dienone is 4. The van der Waals surface area contributed by atoms with Crippen LogP contribution in [0.2, 0.25) is 10.0 Å². The third-order valence-corrected chi connectivity index (χ3v) is 18.9. The van der Waals surface area contributed by atoms with Crippen LogP contribution in [0.4, 0.5) is 13.2 Å². The van der Waals surface area contributed by atoms with E-state index in [2.05, 4.69) is 154 Å². The number of benzene rings is 8. The molecule has 6 aromatic heterocycles. The lowest BCUT2D eigenvalue weighted by atomic mass is 9.87. The van der Waals surface area contributed by atoms with Crippen molar-refractivity contribution in [3.8, 4) is 11.8 Å². The molecule has 2 N–H and O–H groups in total. The van der Waals surface area contributed by atoms with E-state index in [-0.39, 0.29) is 22.9 Å². The van der Waals surface area contributed by atoms with E-state index in [1.807, 2.05) is 133 Å². The molecule has 14 nitrogen and oxygen atoms in total. The van der Waals surface area contributed by atoms with Crippen LogP contribution in [0.3, 0.4) is 0 Å². The number of fused-ring (bicyclic) bond motifs is 8. The van der Waals surface area contributed by atoms with Crippen molar-refractivity contribution in [2.75, 3.05) is 13.2 Å². The zero-order chi connectivity index (χ0) is 76.8. The van der Waals surface area contributed by atoms with Gasteiger partial charge < -0.3 is 9.47 Å². The summed E-state index contributed by atoms with van der Waals surface area (Å²) in [6.45, 7) is 26.6. The van der Waals surface area contributed by atoms with Crippen LogP contribution in [-0.2, 0) is 38.0 Å². The van der Waals surface area contributed by atoms with Crippen molar-refractivity contribution in [1.29, 1.82) is 0 Å². The maximum absolute atomic E-state index is 13.3. The largest absolute Gasteiger partial charge is 0.476 e. The summed E-state index contributed by atoms with van der Waals surface area (Å²) in [5, 5.41) is 39.0. The number of H-pyrrole nitrogens is 2. The maximum atomic E-state index is 13.3. The van der Waals surface area contributed by atoms with E-state index >= 15 is 0 Å². The molecule has 0 unspecified atom stereocenters. The number of hydrogen-bond acceptors (Lipinski definition) is 8. The van der Waals surface area contributed by atoms with Crippen LogP contribution in [0.1, 0.15) is 175 Å². The number of aryl methyl sites for hydroxylation is 4. The van der Waals surface area contributed by atoms with Gasteiger partial charge in [0, 0.05) is 63.2 Å². The minimum Gasteiger partial charge on any atom is -0.476 e. The van der Waals surface area contributed by atoms with E-state index in [9.17, 15) is 13.2 Å². The van der Waals surface area contributed by atoms with Gasteiger partial charge in [-0.1, -0.05) is 184 Å². The summed E-state index contributed by atoms with van der Waals surface area (Å²) in [4.78, 5) is 0. The van der Waals surface area contributed by atoms with E-state index < -0.39 is 0 Å². The van der Waals surface area contributed by atoms with Gasteiger partial charge in [-0.2, -0.15) is 20.4 Å². The van der Waals surface area contributed by atoms with Gasteiger partial charge in [0.1, 0.15) is 17.5 Å². The van der Waals surface area contributed by atoms with Gasteiger partial charge >= 0.3 is 0 Å². The highest BCUT2D eigenvalue weighted by atomic mass is 35.5. The summed E-state index contributed by atoms with van der Waals surface area (Å²) in [6.07, 6.45) is 27.9. The molecule has 0 fully saturated rings. The zero-order valence-corrected chi connectivity index (χ0v) is 65.9. The van der Waals surface area contributed by atoms with Gasteiger partial charge in [0.05, 0.1) is 81.9 Å². The molecule has 0 bridgehead atoms. The smallest absolute Gasteiger partial charge is 0.240 e. The highest BCUT2D eigenvalue weighted by Gasteiger charge is 2.29. The normalized spacial score (nSPS) is 12.1. The Kier molecular flexibility index (Phi) is 31.9. The number of nitrogens with zero attached hydrogens (tertiary/aromatic N) is 10. The predicted octanol–water partition coefficient (Wildman–Crippen LogP) is 25.0. The number of hydrogen-bond donors (Lipinski definition) is 2. The van der Waals surface area contributed by atoms with Crippen molar-refractivity contribution in [2.45, 2.75) is 191 Å². The quantitative estimate of drug-likeness (QED) is 0.0723. The van der Waals surface area contributed by atoms with Crippen LogP contribution in [-0.4, -0.2) is 72.7 Å². The lowest BCUT2D eigenvalue weighted by Crippen LogP contribution is -2.10. The van der Waals surface area contributed by atoms with Gasteiger partial charge in [-0.3, -0.25) is 28.9 Å². The predicted molar refractivity (Wildman–Crippen MR) is 443 cm³/mol. The van der Waals surface area contributed by atoms with Crippen molar-refractivity contribution in [2.24, 2.45) is 0 Å². The van der Waals surface area contributed by atoms with Gasteiger partial charge in [-0.25, -0.2) is 13.2 Å². The van der Waals surface area contributed by atoms with E-state index in [0.717, 1.165) is 131 Å². The number of ether oxygens (including phenoxy) is 2. The minimum absolute atomic E-state index is 0.0616. The Hall–Kier alpha value is -9.97. The summed E-state index contributed by atoms with van der Waals surface area (Å²) in [5.41, 5.74) is 14.1. The summed E-state index contributed by atoms with van der Waals surface area (Å²) >= 11 is 11.8. The molecule has 0 radical (unpaired) electrons. The van der Waals surface area contributed by atoms with Crippen LogP contribution < -0.4 is 9.47 Å². The Labute approximate surface area is 644 Å². The molecular formula is C89H105Cl2F3N12O2. The number of unbranched alkanes of at least 4 members (excludes halogenated alkanes) is 4. The molecule has 14 aromatic rings. The highest BCUT2D eigenvalue weighted by molar-refractivity contribution is 6.31. The van der Waals surface area contributed by atoms with Crippen molar-refractivity contribution in [3.63, 3.8) is 0 Å². The van der Waals surface area contributed by atoms with E-state index in [0.29, 0.717) is 30.4 Å². The zero-order valence-electron chi connectivity index (χ0n) is 64.4. The first-order valence-corrected chi connectivity index (χ1v) is 39.1. The average molecular weight is 1500 g/mol. The van der Waals surface area contributed by atoms with Crippen molar-refractivity contribution in [1.82, 2.24) is 59.5 Å². The minimum atomic E-state index is -0.278. The molecule has 568 valence electrons. The molecule has 19 heteroatoms. The fourth-order valence-corrected chi connectivity index (χ4v) is 13.2. The Morgan fingerprint density at radius 3 is 1.44 bits per heavy atom. The first kappa shape index (κ1) is 82.1. The third kappa shape index (κ3) is 22.8. The fraction of sp³-hybridized carbons (Fsp3) is 0.348. The number of rotatable bonds is 21. The van der Waals surface area contributed by atoms with E-state index in [1.165, 1.54) is 101 Å². The Bertz CT molecular complexity index is 5000. The molecule has 8 aromatic carbocycles. The molecule has 0 aliphatic heterocycles. The highest BCUT2D eigenvalue weighted by Crippen LogP contribution is 2.42. The summed E-state index contributed by atoms with van der Waals surface area (Å²) in [6, 6.07) is 51.0. The van der Waals surface area contributed by atoms with Crippen LogP contribution in [0.5, 0.6) is 11.8 Å². The summed E-state index contributed by atoms with van der Waals surface area (Å²) < 4.78 is 58.0. The first-order chi connectivity index (χ1) is 52.5. The lowest BCUT2D eigenvalue weighted by Gasteiger charge is -2.17.